The van der Waals surface area contributed by atoms with Crippen LogP contribution in [-0.4, -0.2) is 20.1 Å². The number of hydrogen-bond donors (Lipinski definition) is 1. The van der Waals surface area contributed by atoms with E-state index in [0.29, 0.717) is 23.2 Å². The summed E-state index contributed by atoms with van der Waals surface area (Å²) in [7, 11) is 0. The van der Waals surface area contributed by atoms with Gasteiger partial charge in [-0.1, -0.05) is 19.0 Å². The van der Waals surface area contributed by atoms with Crippen LogP contribution in [0.25, 0.3) is 11.5 Å². The minimum atomic E-state index is -0.251. The fourth-order valence-corrected chi connectivity index (χ4v) is 1.34. The molecule has 0 amide bonds. The predicted octanol–water partition coefficient (Wildman–Crippen LogP) is 1.49. The quantitative estimate of drug-likeness (QED) is 0.863. The molecule has 1 atom stereocenters. The molecule has 2 aromatic rings. The van der Waals surface area contributed by atoms with E-state index >= 15 is 0 Å². The summed E-state index contributed by atoms with van der Waals surface area (Å²) in [6.07, 6.45) is 1.66. The summed E-state index contributed by atoms with van der Waals surface area (Å²) in [4.78, 5) is 12.5. The zero-order valence-electron chi connectivity index (χ0n) is 10.1. The van der Waals surface area contributed by atoms with Crippen molar-refractivity contribution in [3.8, 4) is 11.5 Å². The van der Waals surface area contributed by atoms with E-state index < -0.39 is 0 Å². The van der Waals surface area contributed by atoms with Crippen LogP contribution in [0.5, 0.6) is 0 Å². The van der Waals surface area contributed by atoms with Gasteiger partial charge in [-0.2, -0.15) is 4.98 Å². The van der Waals surface area contributed by atoms with Gasteiger partial charge in [-0.05, 0) is 18.9 Å². The Balaban J connectivity index is 2.30. The van der Waals surface area contributed by atoms with Crippen LogP contribution in [0.4, 0.5) is 0 Å². The van der Waals surface area contributed by atoms with Gasteiger partial charge >= 0.3 is 0 Å². The van der Waals surface area contributed by atoms with Crippen molar-refractivity contribution in [2.75, 3.05) is 0 Å². The predicted molar refractivity (Wildman–Crippen MR) is 61.8 cm³/mol. The Morgan fingerprint density at radius 1 is 1.29 bits per heavy atom. The topological polar surface area (TPSA) is 90.7 Å². The van der Waals surface area contributed by atoms with E-state index in [2.05, 4.69) is 20.1 Å². The largest absolute Gasteiger partial charge is 0.337 e. The molecule has 0 aromatic carbocycles. The van der Waals surface area contributed by atoms with Crippen molar-refractivity contribution < 1.29 is 4.52 Å². The molecule has 2 heterocycles. The molecule has 0 aliphatic heterocycles. The average Bonchev–Trinajstić information content (AvgIpc) is 2.77. The lowest BCUT2D eigenvalue weighted by atomic mass is 10.1. The minimum Gasteiger partial charge on any atom is -0.337 e. The Bertz CT molecular complexity index is 508. The van der Waals surface area contributed by atoms with Gasteiger partial charge in [0.15, 0.2) is 0 Å². The molecular formula is C11H15N5O. The Kier molecular flexibility index (Phi) is 3.14. The van der Waals surface area contributed by atoms with Crippen LogP contribution in [0.3, 0.4) is 0 Å². The first-order valence-corrected chi connectivity index (χ1v) is 5.47. The van der Waals surface area contributed by atoms with Gasteiger partial charge in [0.2, 0.25) is 11.7 Å². The third-order valence-corrected chi connectivity index (χ3v) is 2.45. The Morgan fingerprint density at radius 3 is 2.71 bits per heavy atom. The second-order valence-corrected chi connectivity index (χ2v) is 4.22. The second-order valence-electron chi connectivity index (χ2n) is 4.22. The van der Waals surface area contributed by atoms with Crippen LogP contribution in [0.1, 0.15) is 31.6 Å². The highest BCUT2D eigenvalue weighted by Crippen LogP contribution is 2.20. The van der Waals surface area contributed by atoms with E-state index in [1.807, 2.05) is 20.8 Å². The first-order valence-electron chi connectivity index (χ1n) is 5.47. The van der Waals surface area contributed by atoms with Gasteiger partial charge in [0, 0.05) is 6.20 Å². The van der Waals surface area contributed by atoms with Crippen molar-refractivity contribution in [1.82, 2.24) is 20.1 Å². The summed E-state index contributed by atoms with van der Waals surface area (Å²) in [5.74, 6) is 1.80. The Hall–Kier alpha value is -1.82. The molecule has 0 saturated carbocycles. The first-order chi connectivity index (χ1) is 8.08. The molecule has 0 aliphatic carbocycles. The third kappa shape index (κ3) is 2.47. The van der Waals surface area contributed by atoms with E-state index in [1.54, 1.807) is 12.3 Å². The summed E-state index contributed by atoms with van der Waals surface area (Å²) in [6, 6.07) is 1.49. The van der Waals surface area contributed by atoms with Gasteiger partial charge in [-0.25, -0.2) is 9.97 Å². The van der Waals surface area contributed by atoms with Crippen LogP contribution in [0, 0.1) is 12.8 Å². The zero-order valence-corrected chi connectivity index (χ0v) is 10.1. The van der Waals surface area contributed by atoms with Gasteiger partial charge in [-0.3, -0.25) is 0 Å². The number of hydrogen-bond acceptors (Lipinski definition) is 6. The van der Waals surface area contributed by atoms with E-state index in [0.717, 1.165) is 0 Å². The van der Waals surface area contributed by atoms with Crippen molar-refractivity contribution in [3.63, 3.8) is 0 Å². The van der Waals surface area contributed by atoms with Crippen molar-refractivity contribution in [3.05, 3.63) is 24.0 Å². The highest BCUT2D eigenvalue weighted by Gasteiger charge is 2.19. The SMILES string of the molecule is Cc1nccc(-c2noc([C@H](N)C(C)C)n2)n1. The van der Waals surface area contributed by atoms with Gasteiger partial charge in [-0.15, -0.1) is 0 Å². The molecule has 2 N–H and O–H groups in total. The third-order valence-electron chi connectivity index (χ3n) is 2.45. The van der Waals surface area contributed by atoms with Crippen LogP contribution >= 0.6 is 0 Å². The summed E-state index contributed by atoms with van der Waals surface area (Å²) in [5.41, 5.74) is 6.57. The number of aryl methyl sites for hydroxylation is 1. The van der Waals surface area contributed by atoms with Crippen molar-refractivity contribution in [1.29, 1.82) is 0 Å². The van der Waals surface area contributed by atoms with E-state index in [1.165, 1.54) is 0 Å². The lowest BCUT2D eigenvalue weighted by Crippen LogP contribution is -2.16. The molecule has 0 radical (unpaired) electrons. The maximum Gasteiger partial charge on any atom is 0.244 e. The zero-order chi connectivity index (χ0) is 12.4. The van der Waals surface area contributed by atoms with Crippen molar-refractivity contribution in [2.24, 2.45) is 11.7 Å². The summed E-state index contributed by atoms with van der Waals surface area (Å²) >= 11 is 0. The van der Waals surface area contributed by atoms with Gasteiger partial charge in [0.25, 0.3) is 0 Å². The molecule has 0 unspecified atom stereocenters. The van der Waals surface area contributed by atoms with Gasteiger partial charge in [0.1, 0.15) is 11.5 Å². The molecule has 90 valence electrons. The lowest BCUT2D eigenvalue weighted by molar-refractivity contribution is 0.325. The van der Waals surface area contributed by atoms with E-state index in [4.69, 9.17) is 10.3 Å². The standard InChI is InChI=1S/C11H15N5O/c1-6(2)9(12)11-15-10(16-17-11)8-4-5-13-7(3)14-8/h4-6,9H,12H2,1-3H3/t9-/m1/s1. The lowest BCUT2D eigenvalue weighted by Gasteiger charge is -2.09. The molecule has 2 rings (SSSR count). The number of nitrogens with zero attached hydrogens (tertiary/aromatic N) is 4. The summed E-state index contributed by atoms with van der Waals surface area (Å²) < 4.78 is 5.14. The molecule has 2 aromatic heterocycles. The number of nitrogens with two attached hydrogens (primary N) is 1. The number of aromatic nitrogens is 4. The van der Waals surface area contributed by atoms with Crippen LogP contribution < -0.4 is 5.73 Å². The monoisotopic (exact) mass is 233 g/mol. The number of rotatable bonds is 3. The second kappa shape index (κ2) is 4.58. The maximum absolute atomic E-state index is 5.93. The fraction of sp³-hybridized carbons (Fsp3) is 0.455. The minimum absolute atomic E-state index is 0.246. The molecular weight excluding hydrogens is 218 g/mol. The normalized spacial score (nSPS) is 13.0. The molecule has 0 saturated heterocycles. The Morgan fingerprint density at radius 2 is 2.06 bits per heavy atom. The highest BCUT2D eigenvalue weighted by atomic mass is 16.5. The van der Waals surface area contributed by atoms with Gasteiger partial charge < -0.3 is 10.3 Å². The van der Waals surface area contributed by atoms with E-state index in [-0.39, 0.29) is 12.0 Å². The molecule has 17 heavy (non-hydrogen) atoms. The molecule has 0 spiro atoms. The molecule has 0 bridgehead atoms. The molecule has 6 nitrogen and oxygen atoms in total. The van der Waals surface area contributed by atoms with Crippen molar-refractivity contribution in [2.45, 2.75) is 26.8 Å². The Labute approximate surface area is 99.3 Å². The van der Waals surface area contributed by atoms with E-state index in [9.17, 15) is 0 Å². The summed E-state index contributed by atoms with van der Waals surface area (Å²) in [5, 5.41) is 3.87. The van der Waals surface area contributed by atoms with Crippen LogP contribution in [0.2, 0.25) is 0 Å². The average molecular weight is 233 g/mol. The fourth-order valence-electron chi connectivity index (χ4n) is 1.34. The highest BCUT2D eigenvalue weighted by molar-refractivity contribution is 5.47. The first kappa shape index (κ1) is 11.7. The van der Waals surface area contributed by atoms with Crippen molar-refractivity contribution >= 4 is 0 Å². The van der Waals surface area contributed by atoms with Crippen LogP contribution in [0.15, 0.2) is 16.8 Å². The smallest absolute Gasteiger partial charge is 0.244 e. The maximum atomic E-state index is 5.93. The van der Waals surface area contributed by atoms with Gasteiger partial charge in [0.05, 0.1) is 6.04 Å². The molecule has 0 fully saturated rings. The molecule has 0 aliphatic rings. The summed E-state index contributed by atoms with van der Waals surface area (Å²) in [6.45, 7) is 5.82. The van der Waals surface area contributed by atoms with Crippen LogP contribution in [-0.2, 0) is 0 Å². The molecule has 6 heteroatoms.